The highest BCUT2D eigenvalue weighted by molar-refractivity contribution is 5.35. The van der Waals surface area contributed by atoms with Crippen molar-refractivity contribution in [3.63, 3.8) is 0 Å². The lowest BCUT2D eigenvalue weighted by molar-refractivity contribution is 0.405. The van der Waals surface area contributed by atoms with E-state index in [-0.39, 0.29) is 11.8 Å². The summed E-state index contributed by atoms with van der Waals surface area (Å²) in [5.74, 6) is -0.379. The number of allylic oxidation sites excluding steroid dienone is 1. The highest BCUT2D eigenvalue weighted by Gasteiger charge is 2.16. The summed E-state index contributed by atoms with van der Waals surface area (Å²) in [6, 6.07) is 4.66. The summed E-state index contributed by atoms with van der Waals surface area (Å²) in [6.45, 7) is 1.99. The second kappa shape index (κ2) is 5.32. The molecule has 92 valence electrons. The maximum atomic E-state index is 12.9. The van der Waals surface area contributed by atoms with E-state index in [1.54, 1.807) is 6.07 Å². The zero-order valence-corrected chi connectivity index (χ0v) is 9.99. The molecule has 17 heavy (non-hydrogen) atoms. The Kier molecular flexibility index (Phi) is 3.79. The molecule has 1 aromatic carbocycles. The molecule has 0 saturated heterocycles. The van der Waals surface area contributed by atoms with Crippen molar-refractivity contribution in [1.29, 1.82) is 0 Å². The van der Waals surface area contributed by atoms with Gasteiger partial charge in [0, 0.05) is 23.7 Å². The molecule has 1 aliphatic carbocycles. The van der Waals surface area contributed by atoms with Gasteiger partial charge in [0.05, 0.1) is 0 Å². The van der Waals surface area contributed by atoms with Gasteiger partial charge in [0.2, 0.25) is 0 Å². The summed E-state index contributed by atoms with van der Waals surface area (Å²) >= 11 is 0. The van der Waals surface area contributed by atoms with E-state index in [1.165, 1.54) is 6.07 Å². The van der Waals surface area contributed by atoms with Crippen LogP contribution in [-0.2, 0) is 0 Å². The van der Waals surface area contributed by atoms with Gasteiger partial charge in [-0.05, 0) is 32.3 Å². The van der Waals surface area contributed by atoms with Crippen LogP contribution in [0.4, 0.5) is 4.39 Å². The number of halogens is 1. The second-order valence-electron chi connectivity index (χ2n) is 4.57. The van der Waals surface area contributed by atoms with Gasteiger partial charge in [-0.2, -0.15) is 0 Å². The maximum absolute atomic E-state index is 12.9. The molecule has 3 heteroatoms. The van der Waals surface area contributed by atoms with E-state index in [2.05, 4.69) is 17.5 Å². The van der Waals surface area contributed by atoms with Crippen LogP contribution in [0.15, 0.2) is 30.4 Å². The van der Waals surface area contributed by atoms with Crippen molar-refractivity contribution < 1.29 is 9.50 Å². The first-order valence-corrected chi connectivity index (χ1v) is 6.06. The minimum absolute atomic E-state index is 0.0244. The highest BCUT2D eigenvalue weighted by atomic mass is 19.1. The molecule has 1 aliphatic rings. The van der Waals surface area contributed by atoms with Crippen LogP contribution < -0.4 is 5.32 Å². The fourth-order valence-corrected chi connectivity index (χ4v) is 2.27. The summed E-state index contributed by atoms with van der Waals surface area (Å²) in [7, 11) is 0. The van der Waals surface area contributed by atoms with Crippen LogP contribution in [0.3, 0.4) is 0 Å². The summed E-state index contributed by atoms with van der Waals surface area (Å²) in [5, 5.41) is 13.2. The van der Waals surface area contributed by atoms with Crippen LogP contribution in [0.25, 0.3) is 0 Å². The molecule has 2 rings (SSSR count). The van der Waals surface area contributed by atoms with Gasteiger partial charge in [-0.3, -0.25) is 0 Å². The molecule has 2 atom stereocenters. The van der Waals surface area contributed by atoms with Crippen molar-refractivity contribution in [3.8, 4) is 5.75 Å². The van der Waals surface area contributed by atoms with Gasteiger partial charge in [0.15, 0.2) is 0 Å². The zero-order valence-electron chi connectivity index (χ0n) is 9.99. The molecule has 0 heterocycles. The lowest BCUT2D eigenvalue weighted by atomic mass is 9.99. The molecular formula is C14H18FNO. The van der Waals surface area contributed by atoms with Gasteiger partial charge in [0.1, 0.15) is 11.6 Å². The Hall–Kier alpha value is -1.35. The number of aromatic hydroxyl groups is 1. The third-order valence-electron chi connectivity index (χ3n) is 3.21. The predicted molar refractivity (Wildman–Crippen MR) is 66.4 cm³/mol. The van der Waals surface area contributed by atoms with E-state index in [4.69, 9.17) is 0 Å². The third-order valence-corrected chi connectivity index (χ3v) is 3.21. The Bertz CT molecular complexity index is 417. The van der Waals surface area contributed by atoms with Crippen LogP contribution in [0, 0.1) is 5.82 Å². The van der Waals surface area contributed by atoms with Gasteiger partial charge in [-0.1, -0.05) is 18.2 Å². The molecule has 0 amide bonds. The molecule has 0 bridgehead atoms. The maximum Gasteiger partial charge on any atom is 0.126 e. The highest BCUT2D eigenvalue weighted by Crippen LogP contribution is 2.26. The fourth-order valence-electron chi connectivity index (χ4n) is 2.27. The lowest BCUT2D eigenvalue weighted by Crippen LogP contribution is -2.32. The molecule has 0 fully saturated rings. The van der Waals surface area contributed by atoms with Gasteiger partial charge >= 0.3 is 0 Å². The van der Waals surface area contributed by atoms with E-state index in [0.717, 1.165) is 30.9 Å². The SMILES string of the molecule is CC(NC1CC=CCC1)c1ccc(F)cc1O. The van der Waals surface area contributed by atoms with Crippen molar-refractivity contribution in [2.24, 2.45) is 0 Å². The Morgan fingerprint density at radius 1 is 1.41 bits per heavy atom. The zero-order chi connectivity index (χ0) is 12.3. The number of benzene rings is 1. The lowest BCUT2D eigenvalue weighted by Gasteiger charge is -2.24. The van der Waals surface area contributed by atoms with E-state index in [0.29, 0.717) is 6.04 Å². The van der Waals surface area contributed by atoms with Crippen LogP contribution >= 0.6 is 0 Å². The van der Waals surface area contributed by atoms with Crippen molar-refractivity contribution in [2.75, 3.05) is 0 Å². The van der Waals surface area contributed by atoms with Crippen LogP contribution in [-0.4, -0.2) is 11.1 Å². The van der Waals surface area contributed by atoms with E-state index >= 15 is 0 Å². The number of hydrogen-bond donors (Lipinski definition) is 2. The topological polar surface area (TPSA) is 32.3 Å². The van der Waals surface area contributed by atoms with Crippen molar-refractivity contribution in [2.45, 2.75) is 38.3 Å². The van der Waals surface area contributed by atoms with E-state index in [9.17, 15) is 9.50 Å². The molecule has 2 unspecified atom stereocenters. The standard InChI is InChI=1S/C14H18FNO/c1-10(16-12-5-3-2-4-6-12)13-8-7-11(15)9-14(13)17/h2-3,7-10,12,16-17H,4-6H2,1H3. The Balaban J connectivity index is 2.03. The number of hydrogen-bond acceptors (Lipinski definition) is 2. The molecule has 0 aliphatic heterocycles. The molecule has 1 aromatic rings. The van der Waals surface area contributed by atoms with Crippen LogP contribution in [0.5, 0.6) is 5.75 Å². The smallest absolute Gasteiger partial charge is 0.126 e. The minimum Gasteiger partial charge on any atom is -0.508 e. The monoisotopic (exact) mass is 235 g/mol. The Morgan fingerprint density at radius 3 is 2.88 bits per heavy atom. The second-order valence-corrected chi connectivity index (χ2v) is 4.57. The summed E-state index contributed by atoms with van der Waals surface area (Å²) in [6.07, 6.45) is 7.60. The number of rotatable bonds is 3. The first-order chi connectivity index (χ1) is 8.16. The van der Waals surface area contributed by atoms with Gasteiger partial charge < -0.3 is 10.4 Å². The Labute approximate surface area is 101 Å². The quantitative estimate of drug-likeness (QED) is 0.788. The number of phenolic OH excluding ortho intramolecular Hbond substituents is 1. The summed E-state index contributed by atoms with van der Waals surface area (Å²) < 4.78 is 12.9. The van der Waals surface area contributed by atoms with E-state index in [1.807, 2.05) is 6.92 Å². The van der Waals surface area contributed by atoms with Crippen molar-refractivity contribution in [1.82, 2.24) is 5.32 Å². The average molecular weight is 235 g/mol. The van der Waals surface area contributed by atoms with Gasteiger partial charge in [-0.25, -0.2) is 4.39 Å². The van der Waals surface area contributed by atoms with Crippen molar-refractivity contribution in [3.05, 3.63) is 41.7 Å². The minimum atomic E-state index is -0.404. The summed E-state index contributed by atoms with van der Waals surface area (Å²) in [5.41, 5.74) is 0.751. The first kappa shape index (κ1) is 12.1. The molecule has 0 saturated carbocycles. The third kappa shape index (κ3) is 3.07. The van der Waals surface area contributed by atoms with Crippen LogP contribution in [0.2, 0.25) is 0 Å². The molecule has 0 spiro atoms. The molecular weight excluding hydrogens is 217 g/mol. The predicted octanol–water partition coefficient (Wildman–Crippen LogP) is 3.29. The fraction of sp³-hybridized carbons (Fsp3) is 0.429. The van der Waals surface area contributed by atoms with Gasteiger partial charge in [-0.15, -0.1) is 0 Å². The molecule has 2 N–H and O–H groups in total. The average Bonchev–Trinajstić information content (AvgIpc) is 2.30. The summed E-state index contributed by atoms with van der Waals surface area (Å²) in [4.78, 5) is 0. The van der Waals surface area contributed by atoms with Gasteiger partial charge in [0.25, 0.3) is 0 Å². The van der Waals surface area contributed by atoms with Crippen LogP contribution in [0.1, 0.15) is 37.8 Å². The Morgan fingerprint density at radius 2 is 2.24 bits per heavy atom. The molecule has 0 radical (unpaired) electrons. The molecule has 0 aromatic heterocycles. The molecule has 2 nitrogen and oxygen atoms in total. The largest absolute Gasteiger partial charge is 0.508 e. The number of nitrogens with one attached hydrogen (secondary N) is 1. The van der Waals surface area contributed by atoms with E-state index < -0.39 is 5.82 Å². The first-order valence-electron chi connectivity index (χ1n) is 6.06. The number of phenols is 1. The van der Waals surface area contributed by atoms with Crippen molar-refractivity contribution >= 4 is 0 Å². The normalized spacial score (nSPS) is 21.4.